The van der Waals surface area contributed by atoms with E-state index < -0.39 is 6.04 Å². The van der Waals surface area contributed by atoms with Gasteiger partial charge >= 0.3 is 5.97 Å². The van der Waals surface area contributed by atoms with E-state index in [0.29, 0.717) is 17.9 Å². The van der Waals surface area contributed by atoms with Gasteiger partial charge in [-0.1, -0.05) is 46.2 Å². The van der Waals surface area contributed by atoms with E-state index in [1.54, 1.807) is 16.7 Å². The van der Waals surface area contributed by atoms with Gasteiger partial charge in [-0.05, 0) is 36.5 Å². The zero-order valence-corrected chi connectivity index (χ0v) is 16.5. The fourth-order valence-corrected chi connectivity index (χ4v) is 4.39. The molecule has 1 amide bonds. The first-order valence-electron chi connectivity index (χ1n) is 9.19. The monoisotopic (exact) mass is 363 g/mol. The number of amides is 1. The SMILES string of the molecule is CCCCOC(=O)C1CSC(C(C)C)N1C(=O)c1ccc(CC)cc1. The van der Waals surface area contributed by atoms with Crippen molar-refractivity contribution in [2.24, 2.45) is 5.92 Å². The Kier molecular flexibility index (Phi) is 7.36. The summed E-state index contributed by atoms with van der Waals surface area (Å²) in [5, 5.41) is 0.00192. The molecule has 0 radical (unpaired) electrons. The number of carbonyl (C=O) groups excluding carboxylic acids is 2. The van der Waals surface area contributed by atoms with Gasteiger partial charge in [0.05, 0.1) is 12.0 Å². The maximum absolute atomic E-state index is 13.1. The van der Waals surface area contributed by atoms with Crippen LogP contribution in [-0.4, -0.2) is 40.6 Å². The van der Waals surface area contributed by atoms with Gasteiger partial charge in [0.1, 0.15) is 6.04 Å². The van der Waals surface area contributed by atoms with Crippen LogP contribution in [0, 0.1) is 5.92 Å². The summed E-state index contributed by atoms with van der Waals surface area (Å²) in [6, 6.07) is 7.19. The molecule has 0 bridgehead atoms. The standard InChI is InChI=1S/C20H29NO3S/c1-5-7-12-24-20(23)17-13-25-19(14(3)4)21(17)18(22)16-10-8-15(6-2)9-11-16/h8-11,14,17,19H,5-7,12-13H2,1-4H3. The number of carbonyl (C=O) groups is 2. The molecular formula is C20H29NO3S. The third kappa shape index (κ3) is 4.78. The summed E-state index contributed by atoms with van der Waals surface area (Å²) in [7, 11) is 0. The van der Waals surface area contributed by atoms with Crippen molar-refractivity contribution in [3.05, 3.63) is 35.4 Å². The molecule has 2 rings (SSSR count). The zero-order valence-electron chi connectivity index (χ0n) is 15.7. The highest BCUT2D eigenvalue weighted by molar-refractivity contribution is 8.00. The Labute approximate surface area is 155 Å². The summed E-state index contributed by atoms with van der Waals surface area (Å²) in [6.45, 7) is 8.75. The van der Waals surface area contributed by atoms with Crippen molar-refractivity contribution in [3.8, 4) is 0 Å². The van der Waals surface area contributed by atoms with Gasteiger partial charge < -0.3 is 9.64 Å². The molecule has 1 aromatic carbocycles. The van der Waals surface area contributed by atoms with E-state index in [2.05, 4.69) is 27.7 Å². The van der Waals surface area contributed by atoms with Crippen LogP contribution in [0.1, 0.15) is 56.5 Å². The van der Waals surface area contributed by atoms with Crippen molar-refractivity contribution in [2.75, 3.05) is 12.4 Å². The van der Waals surface area contributed by atoms with Gasteiger partial charge in [-0.3, -0.25) is 4.79 Å². The summed E-state index contributed by atoms with van der Waals surface area (Å²) < 4.78 is 5.40. The fraction of sp³-hybridized carbons (Fsp3) is 0.600. The molecule has 2 unspecified atom stereocenters. The van der Waals surface area contributed by atoms with Crippen LogP contribution in [0.4, 0.5) is 0 Å². The fourth-order valence-electron chi connectivity index (χ4n) is 2.93. The number of esters is 1. The highest BCUT2D eigenvalue weighted by Crippen LogP contribution is 2.35. The van der Waals surface area contributed by atoms with Crippen molar-refractivity contribution in [1.82, 2.24) is 4.90 Å². The Balaban J connectivity index is 2.19. The van der Waals surface area contributed by atoms with Crippen LogP contribution in [0.15, 0.2) is 24.3 Å². The van der Waals surface area contributed by atoms with Crippen LogP contribution in [0.2, 0.25) is 0 Å². The smallest absolute Gasteiger partial charge is 0.329 e. The van der Waals surface area contributed by atoms with E-state index in [1.807, 2.05) is 24.3 Å². The molecule has 0 N–H and O–H groups in total. The Hall–Kier alpha value is -1.49. The van der Waals surface area contributed by atoms with E-state index in [-0.39, 0.29) is 23.2 Å². The number of nitrogens with zero attached hydrogens (tertiary/aromatic N) is 1. The Morgan fingerprint density at radius 2 is 1.92 bits per heavy atom. The molecule has 0 saturated carbocycles. The van der Waals surface area contributed by atoms with Gasteiger partial charge in [0, 0.05) is 11.3 Å². The maximum atomic E-state index is 13.1. The van der Waals surface area contributed by atoms with Gasteiger partial charge in [0.15, 0.2) is 0 Å². The predicted molar refractivity (Wildman–Crippen MR) is 103 cm³/mol. The first-order valence-corrected chi connectivity index (χ1v) is 10.2. The summed E-state index contributed by atoms with van der Waals surface area (Å²) in [5.74, 6) is 0.524. The molecule has 1 saturated heterocycles. The minimum atomic E-state index is -0.493. The molecular weight excluding hydrogens is 334 g/mol. The van der Waals surface area contributed by atoms with Crippen LogP contribution in [0.5, 0.6) is 0 Å². The topological polar surface area (TPSA) is 46.6 Å². The van der Waals surface area contributed by atoms with Crippen LogP contribution < -0.4 is 0 Å². The van der Waals surface area contributed by atoms with E-state index in [9.17, 15) is 9.59 Å². The number of benzene rings is 1. The largest absolute Gasteiger partial charge is 0.464 e. The number of aryl methyl sites for hydroxylation is 1. The quantitative estimate of drug-likeness (QED) is 0.540. The Morgan fingerprint density at radius 1 is 1.24 bits per heavy atom. The second kappa shape index (κ2) is 9.27. The molecule has 1 aliphatic heterocycles. The molecule has 4 nitrogen and oxygen atoms in total. The lowest BCUT2D eigenvalue weighted by Crippen LogP contribution is -2.47. The molecule has 5 heteroatoms. The van der Waals surface area contributed by atoms with Gasteiger partial charge in [-0.15, -0.1) is 11.8 Å². The van der Waals surface area contributed by atoms with Gasteiger partial charge in [-0.25, -0.2) is 4.79 Å². The average Bonchev–Trinajstić information content (AvgIpc) is 3.06. The van der Waals surface area contributed by atoms with E-state index in [1.165, 1.54) is 5.56 Å². The second-order valence-electron chi connectivity index (χ2n) is 6.77. The minimum absolute atomic E-state index is 0.00192. The van der Waals surface area contributed by atoms with Crippen molar-refractivity contribution in [1.29, 1.82) is 0 Å². The van der Waals surface area contributed by atoms with Crippen molar-refractivity contribution >= 4 is 23.6 Å². The lowest BCUT2D eigenvalue weighted by Gasteiger charge is -2.30. The van der Waals surface area contributed by atoms with E-state index in [0.717, 1.165) is 19.3 Å². The Bertz CT molecular complexity index is 585. The summed E-state index contributed by atoms with van der Waals surface area (Å²) in [5.41, 5.74) is 1.83. The average molecular weight is 364 g/mol. The van der Waals surface area contributed by atoms with Crippen molar-refractivity contribution in [3.63, 3.8) is 0 Å². The van der Waals surface area contributed by atoms with Crippen molar-refractivity contribution < 1.29 is 14.3 Å². The second-order valence-corrected chi connectivity index (χ2v) is 7.92. The molecule has 138 valence electrons. The van der Waals surface area contributed by atoms with Crippen molar-refractivity contribution in [2.45, 2.75) is 58.4 Å². The molecule has 1 aromatic rings. The highest BCUT2D eigenvalue weighted by Gasteiger charge is 2.43. The maximum Gasteiger partial charge on any atom is 0.329 e. The van der Waals surface area contributed by atoms with Crippen LogP contribution >= 0.6 is 11.8 Å². The minimum Gasteiger partial charge on any atom is -0.464 e. The molecule has 1 aliphatic rings. The third-order valence-corrected chi connectivity index (χ3v) is 6.08. The first-order chi connectivity index (χ1) is 12.0. The number of ether oxygens (including phenoxy) is 1. The van der Waals surface area contributed by atoms with Crippen LogP contribution in [0.25, 0.3) is 0 Å². The molecule has 1 heterocycles. The summed E-state index contributed by atoms with van der Waals surface area (Å²) in [6.07, 6.45) is 2.77. The molecule has 0 aromatic heterocycles. The number of hydrogen-bond acceptors (Lipinski definition) is 4. The first kappa shape index (κ1) is 19.8. The van der Waals surface area contributed by atoms with E-state index >= 15 is 0 Å². The number of hydrogen-bond donors (Lipinski definition) is 0. The van der Waals surface area contributed by atoms with Crippen LogP contribution in [-0.2, 0) is 16.0 Å². The Morgan fingerprint density at radius 3 is 2.48 bits per heavy atom. The summed E-state index contributed by atoms with van der Waals surface area (Å²) in [4.78, 5) is 27.4. The normalized spacial score (nSPS) is 20.1. The third-order valence-electron chi connectivity index (χ3n) is 4.46. The summed E-state index contributed by atoms with van der Waals surface area (Å²) >= 11 is 1.67. The van der Waals surface area contributed by atoms with Gasteiger partial charge in [0.25, 0.3) is 5.91 Å². The molecule has 0 spiro atoms. The van der Waals surface area contributed by atoms with Gasteiger partial charge in [-0.2, -0.15) is 0 Å². The zero-order chi connectivity index (χ0) is 18.4. The lowest BCUT2D eigenvalue weighted by molar-refractivity contribution is -0.148. The van der Waals surface area contributed by atoms with Crippen LogP contribution in [0.3, 0.4) is 0 Å². The number of rotatable bonds is 7. The van der Waals surface area contributed by atoms with E-state index in [4.69, 9.17) is 4.74 Å². The van der Waals surface area contributed by atoms with Gasteiger partial charge in [0.2, 0.25) is 0 Å². The predicted octanol–water partition coefficient (Wildman–Crippen LogP) is 4.13. The lowest BCUT2D eigenvalue weighted by atomic mass is 10.1. The number of thioether (sulfide) groups is 1. The number of unbranched alkanes of at least 4 members (excludes halogenated alkanes) is 1. The molecule has 2 atom stereocenters. The molecule has 0 aliphatic carbocycles. The highest BCUT2D eigenvalue weighted by atomic mass is 32.2. The molecule has 25 heavy (non-hydrogen) atoms. The molecule has 1 fully saturated rings.